The van der Waals surface area contributed by atoms with Crippen LogP contribution in [0.3, 0.4) is 0 Å². The van der Waals surface area contributed by atoms with Crippen molar-refractivity contribution >= 4 is 28.4 Å². The number of esters is 1. The average Bonchev–Trinajstić information content (AvgIpc) is 2.87. The maximum atomic E-state index is 11.7. The van der Waals surface area contributed by atoms with E-state index in [0.717, 1.165) is 0 Å². The minimum atomic E-state index is -0.654. The van der Waals surface area contributed by atoms with Gasteiger partial charge in [0, 0.05) is 0 Å². The third kappa shape index (κ3) is 3.32. The molecule has 0 aliphatic heterocycles. The summed E-state index contributed by atoms with van der Waals surface area (Å²) in [6.07, 6.45) is -0.654. The topological polar surface area (TPSA) is 64.6 Å². The van der Waals surface area contributed by atoms with E-state index >= 15 is 0 Å². The van der Waals surface area contributed by atoms with E-state index in [4.69, 9.17) is 4.74 Å². The Morgan fingerprint density at radius 1 is 1.16 bits per heavy atom. The summed E-state index contributed by atoms with van der Waals surface area (Å²) in [4.78, 5) is 23.1. The van der Waals surface area contributed by atoms with Crippen LogP contribution in [0.15, 0.2) is 41.8 Å². The van der Waals surface area contributed by atoms with Crippen LogP contribution in [-0.2, 0) is 4.74 Å². The predicted octanol–water partition coefficient (Wildman–Crippen LogP) is 3.15. The van der Waals surface area contributed by atoms with Gasteiger partial charge in [0.2, 0.25) is 0 Å². The number of methoxy groups -OCH3 is 1. The SMILES string of the molecule is COC(=O)c1ccsc1NC(=O)Oc1ccccc1. The Labute approximate surface area is 113 Å². The van der Waals surface area contributed by atoms with E-state index in [1.165, 1.54) is 18.4 Å². The smallest absolute Gasteiger partial charge is 0.417 e. The van der Waals surface area contributed by atoms with Gasteiger partial charge in [-0.3, -0.25) is 5.32 Å². The third-order valence-electron chi connectivity index (χ3n) is 2.24. The van der Waals surface area contributed by atoms with Crippen LogP contribution in [-0.4, -0.2) is 19.2 Å². The highest BCUT2D eigenvalue weighted by Crippen LogP contribution is 2.24. The first kappa shape index (κ1) is 13.1. The lowest BCUT2D eigenvalue weighted by Gasteiger charge is -2.06. The molecule has 2 aromatic rings. The predicted molar refractivity (Wildman–Crippen MR) is 71.7 cm³/mol. The normalized spacial score (nSPS) is 9.74. The molecule has 0 unspecified atom stereocenters. The molecule has 0 radical (unpaired) electrons. The Bertz CT molecular complexity index is 579. The second kappa shape index (κ2) is 6.01. The number of nitrogens with one attached hydrogen (secondary N) is 1. The number of hydrogen-bond donors (Lipinski definition) is 1. The van der Waals surface area contributed by atoms with Crippen LogP contribution in [0.1, 0.15) is 10.4 Å². The number of para-hydroxylation sites is 1. The number of benzene rings is 1. The van der Waals surface area contributed by atoms with Crippen LogP contribution in [0.5, 0.6) is 5.75 Å². The molecule has 0 spiro atoms. The van der Waals surface area contributed by atoms with Gasteiger partial charge in [-0.15, -0.1) is 11.3 Å². The van der Waals surface area contributed by atoms with Gasteiger partial charge in [0.05, 0.1) is 12.7 Å². The fourth-order valence-corrected chi connectivity index (χ4v) is 2.15. The summed E-state index contributed by atoms with van der Waals surface area (Å²) in [6, 6.07) is 10.2. The first-order valence-electron chi connectivity index (χ1n) is 5.40. The largest absolute Gasteiger partial charge is 0.465 e. The first-order chi connectivity index (χ1) is 9.20. The third-order valence-corrected chi connectivity index (χ3v) is 3.07. The van der Waals surface area contributed by atoms with Crippen LogP contribution >= 0.6 is 11.3 Å². The van der Waals surface area contributed by atoms with E-state index in [-0.39, 0.29) is 0 Å². The lowest BCUT2D eigenvalue weighted by atomic mass is 10.3. The maximum Gasteiger partial charge on any atom is 0.417 e. The first-order valence-corrected chi connectivity index (χ1v) is 6.28. The number of carbonyl (C=O) groups is 2. The molecule has 1 aromatic carbocycles. The highest BCUT2D eigenvalue weighted by Gasteiger charge is 2.16. The van der Waals surface area contributed by atoms with Crippen molar-refractivity contribution in [2.45, 2.75) is 0 Å². The van der Waals surface area contributed by atoms with Gasteiger partial charge in [-0.25, -0.2) is 9.59 Å². The molecule has 0 atom stereocenters. The second-order valence-corrected chi connectivity index (χ2v) is 4.40. The number of thiophene rings is 1. The fourth-order valence-electron chi connectivity index (χ4n) is 1.39. The number of amides is 1. The molecule has 0 aliphatic carbocycles. The summed E-state index contributed by atoms with van der Waals surface area (Å²) in [6.45, 7) is 0. The minimum absolute atomic E-state index is 0.303. The lowest BCUT2D eigenvalue weighted by Crippen LogP contribution is -2.17. The molecule has 1 heterocycles. The van der Waals surface area contributed by atoms with E-state index < -0.39 is 12.1 Å². The molecule has 0 bridgehead atoms. The van der Waals surface area contributed by atoms with Gasteiger partial charge < -0.3 is 9.47 Å². The van der Waals surface area contributed by atoms with Gasteiger partial charge in [0.25, 0.3) is 0 Å². The average molecular weight is 277 g/mol. The Kier molecular flexibility index (Phi) is 4.15. The number of ether oxygens (including phenoxy) is 2. The van der Waals surface area contributed by atoms with Crippen molar-refractivity contribution in [3.8, 4) is 5.75 Å². The van der Waals surface area contributed by atoms with Crippen LogP contribution in [0.25, 0.3) is 0 Å². The van der Waals surface area contributed by atoms with Crippen LogP contribution in [0.4, 0.5) is 9.80 Å². The highest BCUT2D eigenvalue weighted by molar-refractivity contribution is 7.14. The Balaban J connectivity index is 2.04. The Morgan fingerprint density at radius 2 is 1.89 bits per heavy atom. The summed E-state index contributed by atoms with van der Waals surface area (Å²) in [7, 11) is 1.28. The number of rotatable bonds is 3. The zero-order valence-electron chi connectivity index (χ0n) is 10.1. The lowest BCUT2D eigenvalue weighted by molar-refractivity contribution is 0.0602. The molecule has 1 aromatic heterocycles. The van der Waals surface area contributed by atoms with Crippen molar-refractivity contribution in [2.75, 3.05) is 12.4 Å². The molecule has 1 N–H and O–H groups in total. The molecule has 0 aliphatic rings. The van der Waals surface area contributed by atoms with Gasteiger partial charge in [-0.05, 0) is 23.6 Å². The van der Waals surface area contributed by atoms with Crippen molar-refractivity contribution in [2.24, 2.45) is 0 Å². The molecule has 0 saturated heterocycles. The van der Waals surface area contributed by atoms with E-state index in [0.29, 0.717) is 16.3 Å². The number of anilines is 1. The summed E-state index contributed by atoms with van der Waals surface area (Å²) < 4.78 is 9.67. The Hall–Kier alpha value is -2.34. The summed E-state index contributed by atoms with van der Waals surface area (Å²) >= 11 is 1.22. The van der Waals surface area contributed by atoms with Crippen molar-refractivity contribution in [3.05, 3.63) is 47.3 Å². The molecule has 19 heavy (non-hydrogen) atoms. The van der Waals surface area contributed by atoms with Crippen LogP contribution < -0.4 is 10.1 Å². The Morgan fingerprint density at radius 3 is 2.58 bits per heavy atom. The van der Waals surface area contributed by atoms with Crippen molar-refractivity contribution < 1.29 is 19.1 Å². The standard InChI is InChI=1S/C13H11NO4S/c1-17-12(15)10-7-8-19-11(10)14-13(16)18-9-5-3-2-4-6-9/h2-8H,1H3,(H,14,16). The molecule has 1 amide bonds. The van der Waals surface area contributed by atoms with Gasteiger partial charge in [-0.1, -0.05) is 18.2 Å². The molecule has 2 rings (SSSR count). The quantitative estimate of drug-likeness (QED) is 0.875. The summed E-state index contributed by atoms with van der Waals surface area (Å²) in [5.41, 5.74) is 0.303. The summed E-state index contributed by atoms with van der Waals surface area (Å²) in [5, 5.41) is 4.59. The maximum absolute atomic E-state index is 11.7. The van der Waals surface area contributed by atoms with Gasteiger partial charge >= 0.3 is 12.1 Å². The molecular formula is C13H11NO4S. The second-order valence-electron chi connectivity index (χ2n) is 3.48. The van der Waals surface area contributed by atoms with Crippen LogP contribution in [0, 0.1) is 0 Å². The zero-order valence-corrected chi connectivity index (χ0v) is 10.9. The molecule has 5 nitrogen and oxygen atoms in total. The number of hydrogen-bond acceptors (Lipinski definition) is 5. The van der Waals surface area contributed by atoms with E-state index in [1.54, 1.807) is 35.7 Å². The summed E-state index contributed by atoms with van der Waals surface area (Å²) in [5.74, 6) is -0.0764. The molecule has 0 fully saturated rings. The molecule has 0 saturated carbocycles. The molecular weight excluding hydrogens is 266 g/mol. The van der Waals surface area contributed by atoms with Crippen LogP contribution in [0.2, 0.25) is 0 Å². The van der Waals surface area contributed by atoms with Crippen molar-refractivity contribution in [1.82, 2.24) is 0 Å². The monoisotopic (exact) mass is 277 g/mol. The van der Waals surface area contributed by atoms with E-state index in [1.807, 2.05) is 6.07 Å². The fraction of sp³-hybridized carbons (Fsp3) is 0.0769. The zero-order chi connectivity index (χ0) is 13.7. The van der Waals surface area contributed by atoms with Gasteiger partial charge in [0.1, 0.15) is 10.8 Å². The van der Waals surface area contributed by atoms with Crippen molar-refractivity contribution in [1.29, 1.82) is 0 Å². The number of carbonyl (C=O) groups excluding carboxylic acids is 2. The van der Waals surface area contributed by atoms with Gasteiger partial charge in [-0.2, -0.15) is 0 Å². The van der Waals surface area contributed by atoms with Gasteiger partial charge in [0.15, 0.2) is 0 Å². The minimum Gasteiger partial charge on any atom is -0.465 e. The highest BCUT2D eigenvalue weighted by atomic mass is 32.1. The molecule has 6 heteroatoms. The van der Waals surface area contributed by atoms with E-state index in [9.17, 15) is 9.59 Å². The molecule has 98 valence electrons. The van der Waals surface area contributed by atoms with Crippen molar-refractivity contribution in [3.63, 3.8) is 0 Å². The van der Waals surface area contributed by atoms with E-state index in [2.05, 4.69) is 10.1 Å².